The lowest BCUT2D eigenvalue weighted by atomic mass is 9.95. The van der Waals surface area contributed by atoms with Crippen molar-refractivity contribution in [3.63, 3.8) is 0 Å². The Kier molecular flexibility index (Phi) is 1.91. The van der Waals surface area contributed by atoms with Crippen molar-refractivity contribution in [3.8, 4) is 0 Å². The highest BCUT2D eigenvalue weighted by Gasteiger charge is 2.59. The largest absolute Gasteiger partial charge is 0.481 e. The SMILES string of the molecule is CCc1cc2c(cc1C)CC1C(C(=O)O)C21. The molecule has 1 saturated carbocycles. The molecule has 2 nitrogen and oxygen atoms in total. The lowest BCUT2D eigenvalue weighted by Crippen LogP contribution is -2.05. The summed E-state index contributed by atoms with van der Waals surface area (Å²) in [5.41, 5.74) is 5.44. The van der Waals surface area contributed by atoms with E-state index in [0.717, 1.165) is 12.8 Å². The summed E-state index contributed by atoms with van der Waals surface area (Å²) >= 11 is 0. The smallest absolute Gasteiger partial charge is 0.307 e. The normalized spacial score (nSPS) is 29.8. The third-order valence-electron chi connectivity index (χ3n) is 4.25. The number of aryl methyl sites for hydroxylation is 2. The number of carboxylic acids is 1. The lowest BCUT2D eigenvalue weighted by molar-refractivity contribution is -0.139. The molecule has 16 heavy (non-hydrogen) atoms. The summed E-state index contributed by atoms with van der Waals surface area (Å²) in [4.78, 5) is 11.0. The van der Waals surface area contributed by atoms with E-state index in [1.165, 1.54) is 22.3 Å². The fourth-order valence-electron chi connectivity index (χ4n) is 3.34. The Hall–Kier alpha value is -1.31. The molecule has 1 aromatic carbocycles. The monoisotopic (exact) mass is 216 g/mol. The molecule has 2 aliphatic carbocycles. The van der Waals surface area contributed by atoms with Crippen LogP contribution in [0.1, 0.15) is 35.1 Å². The van der Waals surface area contributed by atoms with Crippen LogP contribution in [0.2, 0.25) is 0 Å². The van der Waals surface area contributed by atoms with Crippen LogP contribution in [0.3, 0.4) is 0 Å². The molecule has 0 heterocycles. The maximum atomic E-state index is 11.0. The Balaban J connectivity index is 2.01. The number of carbonyl (C=O) groups is 1. The number of carboxylic acid groups (broad SMARTS) is 1. The number of rotatable bonds is 2. The maximum Gasteiger partial charge on any atom is 0.307 e. The highest BCUT2D eigenvalue weighted by molar-refractivity contribution is 5.78. The molecular formula is C14H16O2. The second-order valence-electron chi connectivity index (χ2n) is 5.09. The van der Waals surface area contributed by atoms with E-state index in [4.69, 9.17) is 5.11 Å². The minimum absolute atomic E-state index is 0.0973. The van der Waals surface area contributed by atoms with Crippen molar-refractivity contribution in [2.24, 2.45) is 11.8 Å². The van der Waals surface area contributed by atoms with Crippen LogP contribution in [0, 0.1) is 18.8 Å². The van der Waals surface area contributed by atoms with E-state index in [0.29, 0.717) is 11.8 Å². The summed E-state index contributed by atoms with van der Waals surface area (Å²) in [6.45, 7) is 4.31. The second kappa shape index (κ2) is 3.09. The number of hydrogen-bond donors (Lipinski definition) is 1. The fourth-order valence-corrected chi connectivity index (χ4v) is 3.34. The van der Waals surface area contributed by atoms with Crippen molar-refractivity contribution in [2.75, 3.05) is 0 Å². The predicted octanol–water partition coefficient (Wildman–Crippen LogP) is 2.53. The van der Waals surface area contributed by atoms with Crippen molar-refractivity contribution in [1.82, 2.24) is 0 Å². The van der Waals surface area contributed by atoms with Crippen LogP contribution in [0.4, 0.5) is 0 Å². The summed E-state index contributed by atoms with van der Waals surface area (Å²) in [5.74, 6) is -0.00316. The van der Waals surface area contributed by atoms with Gasteiger partial charge in [-0.15, -0.1) is 0 Å². The molecule has 3 atom stereocenters. The van der Waals surface area contributed by atoms with Gasteiger partial charge in [-0.05, 0) is 47.9 Å². The van der Waals surface area contributed by atoms with Gasteiger partial charge < -0.3 is 5.11 Å². The molecule has 2 aliphatic rings. The van der Waals surface area contributed by atoms with Crippen molar-refractivity contribution in [2.45, 2.75) is 32.6 Å². The molecule has 0 spiro atoms. The van der Waals surface area contributed by atoms with E-state index >= 15 is 0 Å². The number of aliphatic carboxylic acids is 1. The molecule has 2 heteroatoms. The molecule has 0 saturated heterocycles. The van der Waals surface area contributed by atoms with Gasteiger partial charge in [0.05, 0.1) is 5.92 Å². The summed E-state index contributed by atoms with van der Waals surface area (Å²) < 4.78 is 0. The van der Waals surface area contributed by atoms with E-state index in [1.807, 2.05) is 0 Å². The molecule has 1 aromatic rings. The second-order valence-corrected chi connectivity index (χ2v) is 5.09. The molecule has 0 aliphatic heterocycles. The average Bonchev–Trinajstić information content (AvgIpc) is 2.83. The predicted molar refractivity (Wildman–Crippen MR) is 61.6 cm³/mol. The third kappa shape index (κ3) is 1.16. The van der Waals surface area contributed by atoms with E-state index in [-0.39, 0.29) is 5.92 Å². The van der Waals surface area contributed by atoms with E-state index < -0.39 is 5.97 Å². The van der Waals surface area contributed by atoms with Crippen molar-refractivity contribution >= 4 is 5.97 Å². The van der Waals surface area contributed by atoms with Crippen molar-refractivity contribution in [3.05, 3.63) is 34.4 Å². The summed E-state index contributed by atoms with van der Waals surface area (Å²) in [6, 6.07) is 4.51. The molecule has 0 amide bonds. The van der Waals surface area contributed by atoms with Crippen LogP contribution < -0.4 is 0 Å². The van der Waals surface area contributed by atoms with Crippen LogP contribution in [0.25, 0.3) is 0 Å². The van der Waals surface area contributed by atoms with Crippen LogP contribution in [-0.2, 0) is 17.6 Å². The molecule has 84 valence electrons. The zero-order chi connectivity index (χ0) is 11.4. The first kappa shape index (κ1) is 9.88. The Bertz CT molecular complexity index is 476. The fraction of sp³-hybridized carbons (Fsp3) is 0.500. The van der Waals surface area contributed by atoms with Crippen LogP contribution in [0.5, 0.6) is 0 Å². The molecule has 1 N–H and O–H groups in total. The van der Waals surface area contributed by atoms with Gasteiger partial charge in [0.25, 0.3) is 0 Å². The minimum Gasteiger partial charge on any atom is -0.481 e. The Morgan fingerprint density at radius 1 is 1.50 bits per heavy atom. The van der Waals surface area contributed by atoms with Crippen LogP contribution in [-0.4, -0.2) is 11.1 Å². The van der Waals surface area contributed by atoms with Crippen molar-refractivity contribution < 1.29 is 9.90 Å². The van der Waals surface area contributed by atoms with Gasteiger partial charge >= 0.3 is 5.97 Å². The van der Waals surface area contributed by atoms with E-state index in [1.54, 1.807) is 0 Å². The molecule has 1 fully saturated rings. The van der Waals surface area contributed by atoms with Gasteiger partial charge in [-0.2, -0.15) is 0 Å². The highest BCUT2D eigenvalue weighted by Crippen LogP contribution is 2.61. The van der Waals surface area contributed by atoms with Gasteiger partial charge in [-0.25, -0.2) is 0 Å². The summed E-state index contributed by atoms with van der Waals surface area (Å²) in [7, 11) is 0. The Morgan fingerprint density at radius 3 is 2.88 bits per heavy atom. The lowest BCUT2D eigenvalue weighted by Gasteiger charge is -2.10. The van der Waals surface area contributed by atoms with Gasteiger partial charge in [0, 0.05) is 5.92 Å². The maximum absolute atomic E-state index is 11.0. The number of benzene rings is 1. The molecular weight excluding hydrogens is 200 g/mol. The highest BCUT2D eigenvalue weighted by atomic mass is 16.4. The molecule has 0 radical (unpaired) electrons. The number of hydrogen-bond acceptors (Lipinski definition) is 1. The molecule has 3 rings (SSSR count). The summed E-state index contributed by atoms with van der Waals surface area (Å²) in [6.07, 6.45) is 2.01. The molecule has 0 aromatic heterocycles. The molecule has 3 unspecified atom stereocenters. The van der Waals surface area contributed by atoms with Gasteiger partial charge in [0.1, 0.15) is 0 Å². The quantitative estimate of drug-likeness (QED) is 0.824. The van der Waals surface area contributed by atoms with Gasteiger partial charge in [0.15, 0.2) is 0 Å². The van der Waals surface area contributed by atoms with Crippen LogP contribution >= 0.6 is 0 Å². The zero-order valence-electron chi connectivity index (χ0n) is 9.66. The topological polar surface area (TPSA) is 37.3 Å². The average molecular weight is 216 g/mol. The van der Waals surface area contributed by atoms with E-state index in [2.05, 4.69) is 26.0 Å². The first-order valence-corrected chi connectivity index (χ1v) is 5.98. The standard InChI is InChI=1S/C14H16O2/c1-3-8-5-10-9(4-7(8)2)6-11-12(10)13(11)14(15)16/h4-5,11-13H,3,6H2,1-2H3,(H,15,16). The van der Waals surface area contributed by atoms with E-state index in [9.17, 15) is 4.79 Å². The minimum atomic E-state index is -0.612. The zero-order valence-corrected chi connectivity index (χ0v) is 9.66. The van der Waals surface area contributed by atoms with Gasteiger partial charge in [-0.3, -0.25) is 4.79 Å². The third-order valence-corrected chi connectivity index (χ3v) is 4.25. The Labute approximate surface area is 95.3 Å². The summed E-state index contributed by atoms with van der Waals surface area (Å²) in [5, 5.41) is 9.07. The Morgan fingerprint density at radius 2 is 2.25 bits per heavy atom. The van der Waals surface area contributed by atoms with Gasteiger partial charge in [-0.1, -0.05) is 19.1 Å². The van der Waals surface area contributed by atoms with Gasteiger partial charge in [0.2, 0.25) is 0 Å². The van der Waals surface area contributed by atoms with Crippen molar-refractivity contribution in [1.29, 1.82) is 0 Å². The first-order valence-electron chi connectivity index (χ1n) is 5.98. The molecule has 0 bridgehead atoms. The number of fused-ring (bicyclic) bond motifs is 3. The van der Waals surface area contributed by atoms with Crippen LogP contribution in [0.15, 0.2) is 12.1 Å². The first-order chi connectivity index (χ1) is 7.63.